The number of carbonyl (C=O) groups excluding carboxylic acids is 1. The van der Waals surface area contributed by atoms with E-state index in [1.807, 2.05) is 24.4 Å². The summed E-state index contributed by atoms with van der Waals surface area (Å²) in [5.41, 5.74) is 3.11. The van der Waals surface area contributed by atoms with E-state index < -0.39 is 15.7 Å². The summed E-state index contributed by atoms with van der Waals surface area (Å²) in [6, 6.07) is 18.8. The summed E-state index contributed by atoms with van der Waals surface area (Å²) in [5.74, 6) is -0.368. The number of aromatic nitrogens is 3. The second-order valence-electron chi connectivity index (χ2n) is 8.16. The number of hydrogen-bond donors (Lipinski definition) is 5. The standard InChI is InChI=1S/C25H23N5O4S/c31-24(26-13-5-6-16-15-27-20-9-3-1-7-18(16)20)19-8-2-4-10-21(19)30-35(33,34)17-11-12-22-23(14-17)29-25(32)28-22/h1-4,7-12,14-15,27,30H,5-6,13H2,(H,26,31)(H2,28,29,32). The van der Waals surface area contributed by atoms with Gasteiger partial charge in [0, 0.05) is 23.6 Å². The SMILES string of the molecule is O=C(NCCCc1c[nH]c2ccccc12)c1ccccc1NS(=O)(=O)c1ccc2[nH]c(=O)[nH]c2c1. The lowest BCUT2D eigenvalue weighted by Gasteiger charge is -2.13. The monoisotopic (exact) mass is 489 g/mol. The van der Waals surface area contributed by atoms with Gasteiger partial charge in [-0.05, 0) is 54.8 Å². The molecule has 5 rings (SSSR count). The van der Waals surface area contributed by atoms with Gasteiger partial charge in [0.15, 0.2) is 0 Å². The predicted octanol–water partition coefficient (Wildman–Crippen LogP) is 3.50. The summed E-state index contributed by atoms with van der Waals surface area (Å²) in [6.07, 6.45) is 3.51. The Balaban J connectivity index is 1.26. The van der Waals surface area contributed by atoms with Crippen molar-refractivity contribution in [1.82, 2.24) is 20.3 Å². The number of nitrogens with one attached hydrogen (secondary N) is 5. The van der Waals surface area contributed by atoms with Crippen LogP contribution in [0.2, 0.25) is 0 Å². The maximum Gasteiger partial charge on any atom is 0.323 e. The fourth-order valence-corrected chi connectivity index (χ4v) is 5.17. The van der Waals surface area contributed by atoms with Crippen LogP contribution < -0.4 is 15.7 Å². The van der Waals surface area contributed by atoms with Gasteiger partial charge in [-0.15, -0.1) is 0 Å². The van der Waals surface area contributed by atoms with E-state index >= 15 is 0 Å². The summed E-state index contributed by atoms with van der Waals surface area (Å²) in [4.78, 5) is 32.6. The molecule has 0 saturated heterocycles. The fourth-order valence-electron chi connectivity index (χ4n) is 4.07. The molecule has 10 heteroatoms. The number of imidazole rings is 1. The van der Waals surface area contributed by atoms with Crippen LogP contribution in [0.25, 0.3) is 21.9 Å². The number of fused-ring (bicyclic) bond motifs is 2. The van der Waals surface area contributed by atoms with Crippen LogP contribution in [0.5, 0.6) is 0 Å². The van der Waals surface area contributed by atoms with Gasteiger partial charge in [-0.25, -0.2) is 13.2 Å². The van der Waals surface area contributed by atoms with Crippen molar-refractivity contribution in [3.8, 4) is 0 Å². The third-order valence-corrected chi connectivity index (χ3v) is 7.16. The molecule has 5 N–H and O–H groups in total. The highest BCUT2D eigenvalue weighted by Crippen LogP contribution is 2.22. The number of sulfonamides is 1. The first-order chi connectivity index (χ1) is 16.9. The molecule has 178 valence electrons. The van der Waals surface area contributed by atoms with Gasteiger partial charge in [-0.1, -0.05) is 30.3 Å². The number of para-hydroxylation sites is 2. The smallest absolute Gasteiger partial charge is 0.323 e. The van der Waals surface area contributed by atoms with Crippen LogP contribution in [0.4, 0.5) is 5.69 Å². The van der Waals surface area contributed by atoms with Gasteiger partial charge in [-0.3, -0.25) is 9.52 Å². The van der Waals surface area contributed by atoms with Crippen molar-refractivity contribution in [3.63, 3.8) is 0 Å². The molecule has 9 nitrogen and oxygen atoms in total. The average Bonchev–Trinajstić information content (AvgIpc) is 3.43. The van der Waals surface area contributed by atoms with Crippen LogP contribution >= 0.6 is 0 Å². The number of aryl methyl sites for hydroxylation is 1. The molecule has 1 amide bonds. The Morgan fingerprint density at radius 3 is 2.54 bits per heavy atom. The number of H-pyrrole nitrogens is 3. The molecule has 0 atom stereocenters. The number of hydrogen-bond acceptors (Lipinski definition) is 4. The number of aromatic amines is 3. The normalized spacial score (nSPS) is 11.7. The topological polar surface area (TPSA) is 140 Å². The first kappa shape index (κ1) is 22.5. The zero-order chi connectivity index (χ0) is 24.4. The number of amides is 1. The first-order valence-corrected chi connectivity index (χ1v) is 12.6. The molecule has 0 saturated carbocycles. The van der Waals surface area contributed by atoms with E-state index in [1.54, 1.807) is 18.2 Å². The minimum Gasteiger partial charge on any atom is -0.361 e. The van der Waals surface area contributed by atoms with Gasteiger partial charge in [0.1, 0.15) is 0 Å². The lowest BCUT2D eigenvalue weighted by atomic mass is 10.1. The van der Waals surface area contributed by atoms with E-state index in [0.717, 1.165) is 18.4 Å². The predicted molar refractivity (Wildman–Crippen MR) is 135 cm³/mol. The molecular weight excluding hydrogens is 466 g/mol. The van der Waals surface area contributed by atoms with Crippen LogP contribution in [0.15, 0.2) is 82.6 Å². The summed E-state index contributed by atoms with van der Waals surface area (Å²) in [5, 5.41) is 4.04. The number of rotatable bonds is 8. The molecule has 3 aromatic carbocycles. The molecule has 0 unspecified atom stereocenters. The van der Waals surface area contributed by atoms with E-state index in [4.69, 9.17) is 0 Å². The number of carbonyl (C=O) groups is 1. The Kier molecular flexibility index (Phi) is 5.87. The third-order valence-electron chi connectivity index (χ3n) is 5.80. The van der Waals surface area contributed by atoms with Gasteiger partial charge in [-0.2, -0.15) is 0 Å². The van der Waals surface area contributed by atoms with Crippen LogP contribution in [-0.4, -0.2) is 35.8 Å². The second-order valence-corrected chi connectivity index (χ2v) is 9.84. The van der Waals surface area contributed by atoms with Crippen molar-refractivity contribution in [2.75, 3.05) is 11.3 Å². The Morgan fingerprint density at radius 1 is 0.886 bits per heavy atom. The average molecular weight is 490 g/mol. The minimum absolute atomic E-state index is 0.0332. The largest absolute Gasteiger partial charge is 0.361 e. The summed E-state index contributed by atoms with van der Waals surface area (Å²) in [7, 11) is -4.00. The van der Waals surface area contributed by atoms with Crippen molar-refractivity contribution in [2.24, 2.45) is 0 Å². The van der Waals surface area contributed by atoms with Gasteiger partial charge in [0.25, 0.3) is 15.9 Å². The van der Waals surface area contributed by atoms with Crippen molar-refractivity contribution in [1.29, 1.82) is 0 Å². The molecule has 0 bridgehead atoms. The van der Waals surface area contributed by atoms with Crippen LogP contribution in [0.3, 0.4) is 0 Å². The highest BCUT2D eigenvalue weighted by molar-refractivity contribution is 7.92. The van der Waals surface area contributed by atoms with E-state index in [0.29, 0.717) is 17.6 Å². The van der Waals surface area contributed by atoms with Gasteiger partial charge < -0.3 is 20.3 Å². The Morgan fingerprint density at radius 2 is 1.66 bits per heavy atom. The van der Waals surface area contributed by atoms with E-state index in [2.05, 4.69) is 31.1 Å². The summed E-state index contributed by atoms with van der Waals surface area (Å²) < 4.78 is 28.4. The highest BCUT2D eigenvalue weighted by atomic mass is 32.2. The summed E-state index contributed by atoms with van der Waals surface area (Å²) in [6.45, 7) is 0.441. The van der Waals surface area contributed by atoms with Crippen molar-refractivity contribution < 1.29 is 13.2 Å². The first-order valence-electron chi connectivity index (χ1n) is 11.1. The zero-order valence-corrected chi connectivity index (χ0v) is 19.4. The molecule has 0 aliphatic rings. The molecule has 2 heterocycles. The highest BCUT2D eigenvalue weighted by Gasteiger charge is 2.19. The molecular formula is C25H23N5O4S. The maximum absolute atomic E-state index is 13.0. The summed E-state index contributed by atoms with van der Waals surface area (Å²) >= 11 is 0. The molecule has 0 radical (unpaired) electrons. The second kappa shape index (κ2) is 9.15. The third kappa shape index (κ3) is 4.69. The van der Waals surface area contributed by atoms with E-state index in [1.165, 1.54) is 35.2 Å². The van der Waals surface area contributed by atoms with Gasteiger partial charge in [0.05, 0.1) is 27.2 Å². The zero-order valence-electron chi connectivity index (χ0n) is 18.6. The van der Waals surface area contributed by atoms with Crippen molar-refractivity contribution in [3.05, 3.63) is 94.5 Å². The molecule has 0 spiro atoms. The van der Waals surface area contributed by atoms with E-state index in [-0.39, 0.29) is 22.1 Å². The van der Waals surface area contributed by atoms with Crippen molar-refractivity contribution >= 4 is 43.6 Å². The Labute approximate surface area is 200 Å². The van der Waals surface area contributed by atoms with Crippen molar-refractivity contribution in [2.45, 2.75) is 17.7 Å². The van der Waals surface area contributed by atoms with Crippen LogP contribution in [0.1, 0.15) is 22.3 Å². The quantitative estimate of drug-likeness (QED) is 0.213. The van der Waals surface area contributed by atoms with Crippen LogP contribution in [0, 0.1) is 0 Å². The number of benzene rings is 3. The Bertz CT molecular complexity index is 1700. The number of anilines is 1. The Hall–Kier alpha value is -4.31. The lowest BCUT2D eigenvalue weighted by molar-refractivity contribution is 0.0954. The van der Waals surface area contributed by atoms with Gasteiger partial charge >= 0.3 is 5.69 Å². The fraction of sp³-hybridized carbons (Fsp3) is 0.120. The molecule has 0 aliphatic carbocycles. The molecule has 0 fully saturated rings. The lowest BCUT2D eigenvalue weighted by Crippen LogP contribution is -2.26. The van der Waals surface area contributed by atoms with Crippen LogP contribution in [-0.2, 0) is 16.4 Å². The maximum atomic E-state index is 13.0. The molecule has 35 heavy (non-hydrogen) atoms. The molecule has 5 aromatic rings. The van der Waals surface area contributed by atoms with E-state index in [9.17, 15) is 18.0 Å². The molecule has 2 aromatic heterocycles. The van der Waals surface area contributed by atoms with Gasteiger partial charge in [0.2, 0.25) is 0 Å². The molecule has 0 aliphatic heterocycles. The minimum atomic E-state index is -4.00.